The summed E-state index contributed by atoms with van der Waals surface area (Å²) in [5, 5.41) is 11.0. The lowest BCUT2D eigenvalue weighted by atomic mass is 10.1. The third kappa shape index (κ3) is 2.06. The zero-order chi connectivity index (χ0) is 13.3. The SMILES string of the molecule is Cc1cc(C(=O)n2nc(C)c(CCN)c2C)n[nH]1. The summed E-state index contributed by atoms with van der Waals surface area (Å²) in [5.74, 6) is -0.219. The Bertz CT molecular complexity index is 581. The Balaban J connectivity index is 2.40. The van der Waals surface area contributed by atoms with Crippen LogP contribution in [0.1, 0.15) is 33.1 Å². The normalized spacial score (nSPS) is 10.9. The number of hydrogen-bond donors (Lipinski definition) is 2. The summed E-state index contributed by atoms with van der Waals surface area (Å²) in [6, 6.07) is 1.71. The first-order valence-electron chi connectivity index (χ1n) is 5.86. The number of nitrogens with two attached hydrogens (primary N) is 1. The van der Waals surface area contributed by atoms with E-state index in [9.17, 15) is 4.79 Å². The number of carbonyl (C=O) groups is 1. The standard InChI is InChI=1S/C12H17N5O/c1-7-6-11(15-14-7)12(18)17-9(3)10(4-5-13)8(2)16-17/h6H,4-5,13H2,1-3H3,(H,14,15). The maximum Gasteiger partial charge on any atom is 0.298 e. The summed E-state index contributed by atoms with van der Waals surface area (Å²) in [6.07, 6.45) is 0.727. The van der Waals surface area contributed by atoms with Gasteiger partial charge in [-0.15, -0.1) is 0 Å². The van der Waals surface area contributed by atoms with E-state index in [1.165, 1.54) is 4.68 Å². The summed E-state index contributed by atoms with van der Waals surface area (Å²) in [5.41, 5.74) is 9.50. The number of hydrogen-bond acceptors (Lipinski definition) is 4. The second-order valence-corrected chi connectivity index (χ2v) is 4.34. The number of aromatic nitrogens is 4. The molecule has 2 rings (SSSR count). The monoisotopic (exact) mass is 247 g/mol. The highest BCUT2D eigenvalue weighted by Crippen LogP contribution is 2.14. The van der Waals surface area contributed by atoms with Crippen LogP contribution in [0.4, 0.5) is 0 Å². The van der Waals surface area contributed by atoms with E-state index in [-0.39, 0.29) is 5.91 Å². The van der Waals surface area contributed by atoms with Crippen LogP contribution in [0, 0.1) is 20.8 Å². The van der Waals surface area contributed by atoms with Crippen molar-refractivity contribution in [1.82, 2.24) is 20.0 Å². The molecule has 3 N–H and O–H groups in total. The maximum absolute atomic E-state index is 12.2. The van der Waals surface area contributed by atoms with Gasteiger partial charge in [0.25, 0.3) is 5.91 Å². The number of nitrogens with one attached hydrogen (secondary N) is 1. The van der Waals surface area contributed by atoms with Crippen molar-refractivity contribution < 1.29 is 4.79 Å². The molecule has 2 heterocycles. The molecule has 0 radical (unpaired) electrons. The van der Waals surface area contributed by atoms with E-state index in [0.717, 1.165) is 29.1 Å². The van der Waals surface area contributed by atoms with Crippen molar-refractivity contribution in [2.24, 2.45) is 5.73 Å². The predicted molar refractivity (Wildman–Crippen MR) is 67.5 cm³/mol. The smallest absolute Gasteiger partial charge is 0.298 e. The van der Waals surface area contributed by atoms with Crippen molar-refractivity contribution in [2.45, 2.75) is 27.2 Å². The fourth-order valence-corrected chi connectivity index (χ4v) is 2.01. The molecule has 96 valence electrons. The first-order chi connectivity index (χ1) is 8.54. The predicted octanol–water partition coefficient (Wildman–Crippen LogP) is 0.721. The molecule has 0 saturated carbocycles. The highest BCUT2D eigenvalue weighted by Gasteiger charge is 2.19. The Morgan fingerprint density at radius 1 is 1.44 bits per heavy atom. The molecule has 6 nitrogen and oxygen atoms in total. The molecular weight excluding hydrogens is 230 g/mol. The van der Waals surface area contributed by atoms with Crippen LogP contribution in [0.5, 0.6) is 0 Å². The molecule has 6 heteroatoms. The zero-order valence-corrected chi connectivity index (χ0v) is 10.8. The highest BCUT2D eigenvalue weighted by atomic mass is 16.2. The highest BCUT2D eigenvalue weighted by molar-refractivity contribution is 5.94. The van der Waals surface area contributed by atoms with Gasteiger partial charge >= 0.3 is 0 Å². The van der Waals surface area contributed by atoms with Gasteiger partial charge in [0.05, 0.1) is 5.69 Å². The minimum Gasteiger partial charge on any atom is -0.330 e. The minimum absolute atomic E-state index is 0.219. The molecule has 0 spiro atoms. The van der Waals surface area contributed by atoms with E-state index < -0.39 is 0 Å². The van der Waals surface area contributed by atoms with Gasteiger partial charge in [-0.25, -0.2) is 0 Å². The molecule has 2 aromatic heterocycles. The minimum atomic E-state index is -0.219. The molecule has 2 aromatic rings. The Morgan fingerprint density at radius 2 is 2.17 bits per heavy atom. The van der Waals surface area contributed by atoms with E-state index in [1.54, 1.807) is 6.07 Å². The number of rotatable bonds is 3. The van der Waals surface area contributed by atoms with Crippen molar-refractivity contribution in [3.05, 3.63) is 34.4 Å². The Labute approximate surface area is 105 Å². The van der Waals surface area contributed by atoms with Crippen molar-refractivity contribution in [1.29, 1.82) is 0 Å². The van der Waals surface area contributed by atoms with E-state index >= 15 is 0 Å². The van der Waals surface area contributed by atoms with Crippen LogP contribution in [0.25, 0.3) is 0 Å². The van der Waals surface area contributed by atoms with Crippen molar-refractivity contribution in [3.8, 4) is 0 Å². The van der Waals surface area contributed by atoms with Gasteiger partial charge in [0.1, 0.15) is 0 Å². The van der Waals surface area contributed by atoms with Gasteiger partial charge in [0.2, 0.25) is 0 Å². The lowest BCUT2D eigenvalue weighted by Gasteiger charge is -2.01. The molecule has 0 aliphatic heterocycles. The Morgan fingerprint density at radius 3 is 2.72 bits per heavy atom. The second-order valence-electron chi connectivity index (χ2n) is 4.34. The molecule has 0 unspecified atom stereocenters. The van der Waals surface area contributed by atoms with Crippen LogP contribution >= 0.6 is 0 Å². The van der Waals surface area contributed by atoms with Gasteiger partial charge in [0, 0.05) is 11.4 Å². The van der Waals surface area contributed by atoms with Crippen molar-refractivity contribution >= 4 is 5.91 Å². The average Bonchev–Trinajstić information content (AvgIpc) is 2.87. The molecule has 0 fully saturated rings. The number of carbonyl (C=O) groups excluding carboxylic acids is 1. The first kappa shape index (κ1) is 12.5. The lowest BCUT2D eigenvalue weighted by Crippen LogP contribution is -2.16. The third-order valence-electron chi connectivity index (χ3n) is 2.95. The fraction of sp³-hybridized carbons (Fsp3) is 0.417. The van der Waals surface area contributed by atoms with Crippen molar-refractivity contribution in [2.75, 3.05) is 6.54 Å². The molecule has 0 atom stereocenters. The number of aromatic amines is 1. The Kier molecular flexibility index (Phi) is 3.29. The molecule has 0 aromatic carbocycles. The molecular formula is C12H17N5O. The van der Waals surface area contributed by atoms with E-state index in [1.807, 2.05) is 20.8 Å². The van der Waals surface area contributed by atoms with E-state index in [2.05, 4.69) is 15.3 Å². The molecule has 0 saturated heterocycles. The lowest BCUT2D eigenvalue weighted by molar-refractivity contribution is 0.0937. The second kappa shape index (κ2) is 4.73. The summed E-state index contributed by atoms with van der Waals surface area (Å²) in [6.45, 7) is 6.16. The zero-order valence-electron chi connectivity index (χ0n) is 10.8. The van der Waals surface area contributed by atoms with Crippen LogP contribution in [0.3, 0.4) is 0 Å². The van der Waals surface area contributed by atoms with Crippen LogP contribution in [0.15, 0.2) is 6.07 Å². The molecule has 0 amide bonds. The molecule has 0 aliphatic rings. The van der Waals surface area contributed by atoms with E-state index in [4.69, 9.17) is 5.73 Å². The number of aryl methyl sites for hydroxylation is 2. The third-order valence-corrected chi connectivity index (χ3v) is 2.95. The number of nitrogens with zero attached hydrogens (tertiary/aromatic N) is 3. The average molecular weight is 247 g/mol. The van der Waals surface area contributed by atoms with Gasteiger partial charge < -0.3 is 5.73 Å². The molecule has 0 bridgehead atoms. The molecule has 18 heavy (non-hydrogen) atoms. The van der Waals surface area contributed by atoms with Gasteiger partial charge in [0.15, 0.2) is 5.69 Å². The summed E-state index contributed by atoms with van der Waals surface area (Å²) >= 11 is 0. The quantitative estimate of drug-likeness (QED) is 0.836. The summed E-state index contributed by atoms with van der Waals surface area (Å²) in [4.78, 5) is 12.2. The largest absolute Gasteiger partial charge is 0.330 e. The van der Waals surface area contributed by atoms with Crippen LogP contribution in [-0.2, 0) is 6.42 Å². The maximum atomic E-state index is 12.2. The van der Waals surface area contributed by atoms with Crippen LogP contribution in [-0.4, -0.2) is 32.4 Å². The van der Waals surface area contributed by atoms with Crippen LogP contribution in [0.2, 0.25) is 0 Å². The first-order valence-corrected chi connectivity index (χ1v) is 5.86. The van der Waals surface area contributed by atoms with Crippen molar-refractivity contribution in [3.63, 3.8) is 0 Å². The summed E-state index contributed by atoms with van der Waals surface area (Å²) in [7, 11) is 0. The van der Waals surface area contributed by atoms with E-state index in [0.29, 0.717) is 12.2 Å². The van der Waals surface area contributed by atoms with Gasteiger partial charge in [-0.1, -0.05) is 0 Å². The van der Waals surface area contributed by atoms with Crippen LogP contribution < -0.4 is 5.73 Å². The van der Waals surface area contributed by atoms with Gasteiger partial charge in [-0.2, -0.15) is 14.9 Å². The molecule has 0 aliphatic carbocycles. The topological polar surface area (TPSA) is 89.6 Å². The fourth-order valence-electron chi connectivity index (χ4n) is 2.01. The van der Waals surface area contributed by atoms with Gasteiger partial charge in [-0.3, -0.25) is 9.89 Å². The Hall–Kier alpha value is -1.95. The number of H-pyrrole nitrogens is 1. The van der Waals surface area contributed by atoms with Gasteiger partial charge in [-0.05, 0) is 45.4 Å². The summed E-state index contributed by atoms with van der Waals surface area (Å²) < 4.78 is 1.40.